The number of nitrogens with two attached hydrogens (primary N) is 1. The topological polar surface area (TPSA) is 83.6 Å². The van der Waals surface area contributed by atoms with Crippen LogP contribution in [0.25, 0.3) is 0 Å². The highest BCUT2D eigenvalue weighted by molar-refractivity contribution is 6.31. The predicted octanol–water partition coefficient (Wildman–Crippen LogP) is 2.13. The number of hydrogen-bond donors (Lipinski definition) is 2. The van der Waals surface area contributed by atoms with Crippen LogP contribution in [0.1, 0.15) is 35.2 Å². The van der Waals surface area contributed by atoms with E-state index in [9.17, 15) is 9.59 Å². The van der Waals surface area contributed by atoms with E-state index >= 15 is 0 Å². The number of carboxylic acids is 1. The first-order chi connectivity index (χ1) is 9.95. The Hall–Kier alpha value is -1.59. The summed E-state index contributed by atoms with van der Waals surface area (Å²) in [5.41, 5.74) is 6.54. The molecule has 1 atom stereocenters. The van der Waals surface area contributed by atoms with Crippen LogP contribution in [0, 0.1) is 5.92 Å². The molecule has 0 radical (unpaired) electrons. The van der Waals surface area contributed by atoms with Gasteiger partial charge in [0.25, 0.3) is 0 Å². The molecule has 5 nitrogen and oxygen atoms in total. The van der Waals surface area contributed by atoms with Crippen LogP contribution in [0.5, 0.6) is 0 Å². The zero-order valence-electron chi connectivity index (χ0n) is 11.7. The van der Waals surface area contributed by atoms with Crippen molar-refractivity contribution in [1.82, 2.24) is 4.90 Å². The molecule has 1 amide bonds. The second kappa shape index (κ2) is 6.91. The number of carbonyl (C=O) groups is 2. The van der Waals surface area contributed by atoms with Gasteiger partial charge in [0.1, 0.15) is 0 Å². The number of halogens is 1. The van der Waals surface area contributed by atoms with Crippen LogP contribution in [0.3, 0.4) is 0 Å². The normalized spacial score (nSPS) is 19.4. The largest absolute Gasteiger partial charge is 0.481 e. The SMILES string of the molecule is NC(=O)c1ccc(CN2CCCC(CC(=O)O)C2)c(Cl)c1. The number of likely N-dealkylation sites (tertiary alicyclic amines) is 1. The van der Waals surface area contributed by atoms with Gasteiger partial charge in [0.2, 0.25) is 5.91 Å². The third-order valence-electron chi connectivity index (χ3n) is 3.80. The van der Waals surface area contributed by atoms with E-state index in [-0.39, 0.29) is 12.3 Å². The highest BCUT2D eigenvalue weighted by atomic mass is 35.5. The number of piperidine rings is 1. The fourth-order valence-corrected chi connectivity index (χ4v) is 3.02. The van der Waals surface area contributed by atoms with E-state index in [2.05, 4.69) is 4.90 Å². The fourth-order valence-electron chi connectivity index (χ4n) is 2.78. The number of amides is 1. The van der Waals surface area contributed by atoms with E-state index in [1.807, 2.05) is 6.07 Å². The van der Waals surface area contributed by atoms with E-state index < -0.39 is 11.9 Å². The first kappa shape index (κ1) is 15.8. The van der Waals surface area contributed by atoms with Crippen LogP contribution >= 0.6 is 11.6 Å². The van der Waals surface area contributed by atoms with Crippen molar-refractivity contribution in [2.45, 2.75) is 25.8 Å². The van der Waals surface area contributed by atoms with Crippen LogP contribution < -0.4 is 5.73 Å². The summed E-state index contributed by atoms with van der Waals surface area (Å²) in [4.78, 5) is 24.1. The average Bonchev–Trinajstić information content (AvgIpc) is 2.40. The third kappa shape index (κ3) is 4.44. The smallest absolute Gasteiger partial charge is 0.303 e. The van der Waals surface area contributed by atoms with Gasteiger partial charge >= 0.3 is 5.97 Å². The number of primary amides is 1. The van der Waals surface area contributed by atoms with Crippen molar-refractivity contribution in [3.8, 4) is 0 Å². The molecule has 0 aliphatic carbocycles. The van der Waals surface area contributed by atoms with E-state index in [4.69, 9.17) is 22.4 Å². The maximum absolute atomic E-state index is 11.1. The summed E-state index contributed by atoms with van der Waals surface area (Å²) < 4.78 is 0. The van der Waals surface area contributed by atoms with Gasteiger partial charge in [-0.25, -0.2) is 0 Å². The maximum atomic E-state index is 11.1. The van der Waals surface area contributed by atoms with Crippen LogP contribution in [0.4, 0.5) is 0 Å². The summed E-state index contributed by atoms with van der Waals surface area (Å²) in [6, 6.07) is 5.06. The lowest BCUT2D eigenvalue weighted by molar-refractivity contribution is -0.138. The van der Waals surface area contributed by atoms with Crippen molar-refractivity contribution in [2.75, 3.05) is 13.1 Å². The quantitative estimate of drug-likeness (QED) is 0.872. The highest BCUT2D eigenvalue weighted by Gasteiger charge is 2.22. The molecule has 1 saturated heterocycles. The van der Waals surface area contributed by atoms with Crippen molar-refractivity contribution < 1.29 is 14.7 Å². The second-order valence-corrected chi connectivity index (χ2v) is 5.92. The first-order valence-corrected chi connectivity index (χ1v) is 7.36. The Balaban J connectivity index is 2.01. The molecule has 0 spiro atoms. The first-order valence-electron chi connectivity index (χ1n) is 6.98. The lowest BCUT2D eigenvalue weighted by Gasteiger charge is -2.32. The summed E-state index contributed by atoms with van der Waals surface area (Å²) in [6.07, 6.45) is 2.16. The molecule has 3 N–H and O–H groups in total. The van der Waals surface area contributed by atoms with Crippen LogP contribution in [-0.4, -0.2) is 35.0 Å². The fraction of sp³-hybridized carbons (Fsp3) is 0.467. The Morgan fingerprint density at radius 2 is 2.19 bits per heavy atom. The summed E-state index contributed by atoms with van der Waals surface area (Å²) >= 11 is 6.18. The van der Waals surface area contributed by atoms with Crippen LogP contribution in [0.2, 0.25) is 5.02 Å². The maximum Gasteiger partial charge on any atom is 0.303 e. The Morgan fingerprint density at radius 1 is 1.43 bits per heavy atom. The van der Waals surface area contributed by atoms with E-state index in [1.54, 1.807) is 12.1 Å². The molecule has 1 aliphatic heterocycles. The number of hydrogen-bond acceptors (Lipinski definition) is 3. The van der Waals surface area contributed by atoms with E-state index in [0.29, 0.717) is 17.1 Å². The molecule has 1 aliphatic rings. The van der Waals surface area contributed by atoms with Gasteiger partial charge in [-0.2, -0.15) is 0 Å². The number of aliphatic carboxylic acids is 1. The zero-order valence-corrected chi connectivity index (χ0v) is 12.5. The molecule has 1 fully saturated rings. The summed E-state index contributed by atoms with van der Waals surface area (Å²) in [7, 11) is 0. The molecule has 1 aromatic carbocycles. The van der Waals surface area contributed by atoms with Crippen molar-refractivity contribution in [3.05, 3.63) is 34.3 Å². The number of rotatable bonds is 5. The predicted molar refractivity (Wildman–Crippen MR) is 80.2 cm³/mol. The van der Waals surface area contributed by atoms with Gasteiger partial charge in [-0.05, 0) is 43.0 Å². The molecule has 6 heteroatoms. The van der Waals surface area contributed by atoms with Gasteiger partial charge in [0.05, 0.1) is 0 Å². The van der Waals surface area contributed by atoms with Gasteiger partial charge in [-0.3, -0.25) is 14.5 Å². The summed E-state index contributed by atoms with van der Waals surface area (Å²) in [5, 5.41) is 9.41. The Kier molecular flexibility index (Phi) is 5.20. The monoisotopic (exact) mass is 310 g/mol. The van der Waals surface area contributed by atoms with Crippen molar-refractivity contribution >= 4 is 23.5 Å². The molecule has 0 bridgehead atoms. The third-order valence-corrected chi connectivity index (χ3v) is 4.15. The van der Waals surface area contributed by atoms with Crippen molar-refractivity contribution in [3.63, 3.8) is 0 Å². The van der Waals surface area contributed by atoms with E-state index in [1.165, 1.54) is 0 Å². The number of carboxylic acid groups (broad SMARTS) is 1. The Bertz CT molecular complexity index is 548. The van der Waals surface area contributed by atoms with E-state index in [0.717, 1.165) is 31.5 Å². The highest BCUT2D eigenvalue weighted by Crippen LogP contribution is 2.24. The molecule has 114 valence electrons. The molecule has 2 rings (SSSR count). The summed E-state index contributed by atoms with van der Waals surface area (Å²) in [5.74, 6) is -1.05. The molecular weight excluding hydrogens is 292 g/mol. The van der Waals surface area contributed by atoms with Gasteiger partial charge in [-0.15, -0.1) is 0 Å². The van der Waals surface area contributed by atoms with Crippen LogP contribution in [-0.2, 0) is 11.3 Å². The molecule has 0 saturated carbocycles. The second-order valence-electron chi connectivity index (χ2n) is 5.51. The van der Waals surface area contributed by atoms with Gasteiger partial charge in [0.15, 0.2) is 0 Å². The number of benzene rings is 1. The zero-order chi connectivity index (χ0) is 15.4. The average molecular weight is 311 g/mol. The minimum absolute atomic E-state index is 0.194. The molecular formula is C15H19ClN2O3. The van der Waals surface area contributed by atoms with Gasteiger partial charge < -0.3 is 10.8 Å². The van der Waals surface area contributed by atoms with Gasteiger partial charge in [-0.1, -0.05) is 17.7 Å². The molecule has 1 heterocycles. The number of nitrogens with zero attached hydrogens (tertiary/aromatic N) is 1. The molecule has 0 aromatic heterocycles. The minimum Gasteiger partial charge on any atom is -0.481 e. The standard InChI is InChI=1S/C15H19ClN2O3/c16-13-7-11(15(17)21)3-4-12(13)9-18-5-1-2-10(8-18)6-14(19)20/h3-4,7,10H,1-2,5-6,8-9H2,(H2,17,21)(H,19,20). The van der Waals surface area contributed by atoms with Crippen LogP contribution in [0.15, 0.2) is 18.2 Å². The lowest BCUT2D eigenvalue weighted by Crippen LogP contribution is -2.35. The summed E-state index contributed by atoms with van der Waals surface area (Å²) in [6.45, 7) is 2.36. The Morgan fingerprint density at radius 3 is 2.81 bits per heavy atom. The number of carbonyl (C=O) groups excluding carboxylic acids is 1. The van der Waals surface area contributed by atoms with Crippen molar-refractivity contribution in [1.29, 1.82) is 0 Å². The minimum atomic E-state index is -0.745. The Labute approximate surface area is 128 Å². The molecule has 1 aromatic rings. The molecule has 21 heavy (non-hydrogen) atoms. The van der Waals surface area contributed by atoms with Crippen molar-refractivity contribution in [2.24, 2.45) is 11.7 Å². The van der Waals surface area contributed by atoms with Gasteiger partial charge in [0, 0.05) is 30.1 Å². The lowest BCUT2D eigenvalue weighted by atomic mass is 9.94. The molecule has 1 unspecified atom stereocenters.